The van der Waals surface area contributed by atoms with E-state index in [4.69, 9.17) is 4.74 Å². The lowest BCUT2D eigenvalue weighted by atomic mass is 9.91. The third-order valence-corrected chi connectivity index (χ3v) is 2.45. The average molecular weight is 167 g/mol. The normalized spacial score (nSPS) is 34.9. The van der Waals surface area contributed by atoms with Crippen LogP contribution in [-0.2, 0) is 4.74 Å². The van der Waals surface area contributed by atoms with Crippen molar-refractivity contribution in [3.05, 3.63) is 12.2 Å². The second-order valence-corrected chi connectivity index (χ2v) is 3.81. The number of hydrogen-bond acceptors (Lipinski definition) is 2. The minimum absolute atomic E-state index is 0.186. The van der Waals surface area contributed by atoms with E-state index in [-0.39, 0.29) is 11.6 Å². The molecule has 1 aliphatic heterocycles. The van der Waals surface area contributed by atoms with E-state index in [1.807, 2.05) is 6.92 Å². The van der Waals surface area contributed by atoms with E-state index in [1.54, 1.807) is 6.40 Å². The molecule has 0 aliphatic carbocycles. The van der Waals surface area contributed by atoms with E-state index in [9.17, 15) is 0 Å². The maximum absolute atomic E-state index is 5.54. The van der Waals surface area contributed by atoms with Gasteiger partial charge in [0.1, 0.15) is 5.60 Å². The fourth-order valence-corrected chi connectivity index (χ4v) is 0.988. The third-order valence-electron chi connectivity index (χ3n) is 2.45. The minimum atomic E-state index is -0.186. The highest BCUT2D eigenvalue weighted by molar-refractivity contribution is 5.49. The van der Waals surface area contributed by atoms with Crippen molar-refractivity contribution in [1.82, 2.24) is 0 Å². The van der Waals surface area contributed by atoms with Gasteiger partial charge >= 0.3 is 0 Å². The molecule has 0 fully saturated rings. The van der Waals surface area contributed by atoms with Crippen molar-refractivity contribution < 1.29 is 4.74 Å². The van der Waals surface area contributed by atoms with Crippen molar-refractivity contribution in [2.24, 2.45) is 10.9 Å². The van der Waals surface area contributed by atoms with Crippen molar-refractivity contribution in [1.29, 1.82) is 0 Å². The molecule has 2 heteroatoms. The van der Waals surface area contributed by atoms with Crippen LogP contribution in [0.2, 0.25) is 0 Å². The Morgan fingerprint density at radius 2 is 2.17 bits per heavy atom. The second-order valence-electron chi connectivity index (χ2n) is 3.81. The Balaban J connectivity index is 2.81. The molecule has 2 atom stereocenters. The molecule has 0 aromatic rings. The summed E-state index contributed by atoms with van der Waals surface area (Å²) in [4.78, 5) is 4.17. The highest BCUT2D eigenvalue weighted by Crippen LogP contribution is 2.24. The van der Waals surface area contributed by atoms with Gasteiger partial charge in [-0.05, 0) is 25.8 Å². The van der Waals surface area contributed by atoms with Gasteiger partial charge in [0.05, 0.1) is 6.04 Å². The highest BCUT2D eigenvalue weighted by Gasteiger charge is 2.27. The molecule has 12 heavy (non-hydrogen) atoms. The van der Waals surface area contributed by atoms with E-state index in [0.717, 1.165) is 0 Å². The zero-order valence-electron chi connectivity index (χ0n) is 8.24. The molecule has 1 rings (SSSR count). The second kappa shape index (κ2) is 3.30. The van der Waals surface area contributed by atoms with Crippen LogP contribution in [0.15, 0.2) is 17.1 Å². The number of ether oxygens (including phenoxy) is 1. The van der Waals surface area contributed by atoms with Crippen LogP contribution in [0, 0.1) is 5.92 Å². The first-order valence-corrected chi connectivity index (χ1v) is 4.43. The van der Waals surface area contributed by atoms with Gasteiger partial charge in [-0.2, -0.15) is 0 Å². The molecule has 2 nitrogen and oxygen atoms in total. The van der Waals surface area contributed by atoms with Gasteiger partial charge in [-0.15, -0.1) is 0 Å². The molecule has 0 aromatic heterocycles. The molecule has 0 saturated heterocycles. The number of nitrogens with zero attached hydrogens (tertiary/aromatic N) is 1. The van der Waals surface area contributed by atoms with E-state index in [1.165, 1.54) is 0 Å². The molecular weight excluding hydrogens is 150 g/mol. The molecule has 1 aliphatic rings. The fraction of sp³-hybridized carbons (Fsp3) is 0.700. The van der Waals surface area contributed by atoms with Crippen LogP contribution in [0.3, 0.4) is 0 Å². The molecule has 0 aromatic carbocycles. The molecule has 0 bridgehead atoms. The van der Waals surface area contributed by atoms with Gasteiger partial charge in [0, 0.05) is 0 Å². The zero-order chi connectivity index (χ0) is 9.19. The smallest absolute Gasteiger partial charge is 0.171 e. The van der Waals surface area contributed by atoms with Crippen molar-refractivity contribution in [3.8, 4) is 0 Å². The average Bonchev–Trinajstić information content (AvgIpc) is 2.15. The molecule has 0 spiro atoms. The third kappa shape index (κ3) is 1.87. The largest absolute Gasteiger partial charge is 0.473 e. The van der Waals surface area contributed by atoms with Gasteiger partial charge in [0.2, 0.25) is 0 Å². The Kier molecular flexibility index (Phi) is 2.55. The summed E-state index contributed by atoms with van der Waals surface area (Å²) in [6.45, 7) is 8.42. The van der Waals surface area contributed by atoms with E-state index >= 15 is 0 Å². The van der Waals surface area contributed by atoms with Gasteiger partial charge < -0.3 is 4.74 Å². The van der Waals surface area contributed by atoms with Gasteiger partial charge in [-0.25, -0.2) is 0 Å². The van der Waals surface area contributed by atoms with Crippen LogP contribution in [-0.4, -0.2) is 18.0 Å². The van der Waals surface area contributed by atoms with Gasteiger partial charge in [0.25, 0.3) is 0 Å². The van der Waals surface area contributed by atoms with Gasteiger partial charge in [0.15, 0.2) is 6.40 Å². The summed E-state index contributed by atoms with van der Waals surface area (Å²) >= 11 is 0. The maximum atomic E-state index is 5.54. The van der Waals surface area contributed by atoms with Crippen LogP contribution in [0.5, 0.6) is 0 Å². The Hall–Kier alpha value is -0.790. The number of hydrogen-bond donors (Lipinski definition) is 0. The van der Waals surface area contributed by atoms with Crippen molar-refractivity contribution >= 4 is 6.40 Å². The lowest BCUT2D eigenvalue weighted by Gasteiger charge is -2.28. The zero-order valence-corrected chi connectivity index (χ0v) is 8.24. The van der Waals surface area contributed by atoms with Crippen molar-refractivity contribution in [2.45, 2.75) is 39.3 Å². The molecule has 0 amide bonds. The molecular formula is C10H17NO. The van der Waals surface area contributed by atoms with Crippen molar-refractivity contribution in [2.75, 3.05) is 0 Å². The molecule has 68 valence electrons. The lowest BCUT2D eigenvalue weighted by Crippen LogP contribution is -2.31. The van der Waals surface area contributed by atoms with Gasteiger partial charge in [-0.3, -0.25) is 4.99 Å². The maximum Gasteiger partial charge on any atom is 0.171 e. The number of aliphatic imine (C=N–C) groups is 1. The Morgan fingerprint density at radius 1 is 1.50 bits per heavy atom. The lowest BCUT2D eigenvalue weighted by molar-refractivity contribution is 0.0862. The first-order valence-electron chi connectivity index (χ1n) is 4.43. The summed E-state index contributed by atoms with van der Waals surface area (Å²) in [7, 11) is 0. The first-order chi connectivity index (χ1) is 5.54. The Morgan fingerprint density at radius 3 is 2.75 bits per heavy atom. The standard InChI is InChI=1S/C10H17NO/c1-8(2)10(4)6-5-9(3)11-7-12-10/h5-9H,1-4H3. The summed E-state index contributed by atoms with van der Waals surface area (Å²) in [5.41, 5.74) is -0.186. The summed E-state index contributed by atoms with van der Waals surface area (Å²) in [6, 6.07) is 0.241. The number of rotatable bonds is 1. The van der Waals surface area contributed by atoms with Crippen LogP contribution >= 0.6 is 0 Å². The SMILES string of the molecule is CC1C=CC(C)(C(C)C)OC=N1. The first kappa shape index (κ1) is 9.30. The molecule has 0 N–H and O–H groups in total. The Bertz CT molecular complexity index is 208. The van der Waals surface area contributed by atoms with Gasteiger partial charge in [-0.1, -0.05) is 19.9 Å². The molecule has 1 heterocycles. The highest BCUT2D eigenvalue weighted by atomic mass is 16.5. The molecule has 0 radical (unpaired) electrons. The monoisotopic (exact) mass is 167 g/mol. The molecule has 2 unspecified atom stereocenters. The van der Waals surface area contributed by atoms with E-state index in [0.29, 0.717) is 5.92 Å². The summed E-state index contributed by atoms with van der Waals surface area (Å²) in [5, 5.41) is 0. The van der Waals surface area contributed by atoms with Crippen LogP contribution < -0.4 is 0 Å². The fourth-order valence-electron chi connectivity index (χ4n) is 0.988. The quantitative estimate of drug-likeness (QED) is 0.549. The Labute approximate surface area is 74.3 Å². The topological polar surface area (TPSA) is 21.6 Å². The summed E-state index contributed by atoms with van der Waals surface area (Å²) in [5.74, 6) is 0.463. The van der Waals surface area contributed by atoms with Crippen LogP contribution in [0.25, 0.3) is 0 Å². The predicted molar refractivity (Wildman–Crippen MR) is 51.4 cm³/mol. The van der Waals surface area contributed by atoms with Crippen LogP contribution in [0.1, 0.15) is 27.7 Å². The van der Waals surface area contributed by atoms with Crippen molar-refractivity contribution in [3.63, 3.8) is 0 Å². The summed E-state index contributed by atoms with van der Waals surface area (Å²) in [6.07, 6.45) is 5.77. The van der Waals surface area contributed by atoms with Crippen LogP contribution in [0.4, 0.5) is 0 Å². The predicted octanol–water partition coefficient (Wildman–Crippen LogP) is 2.40. The van der Waals surface area contributed by atoms with E-state index in [2.05, 4.69) is 37.9 Å². The summed E-state index contributed by atoms with van der Waals surface area (Å²) < 4.78 is 5.54. The van der Waals surface area contributed by atoms with E-state index < -0.39 is 0 Å². The minimum Gasteiger partial charge on any atom is -0.473 e. The molecule has 0 saturated carbocycles.